The summed E-state index contributed by atoms with van der Waals surface area (Å²) in [6.07, 6.45) is 1.76. The van der Waals surface area contributed by atoms with Crippen LogP contribution >= 0.6 is 0 Å². The molecule has 2 aromatic heterocycles. The number of nitrogens with one attached hydrogen (secondary N) is 1. The Balaban J connectivity index is 2.53. The lowest BCUT2D eigenvalue weighted by Gasteiger charge is -2.20. The molecule has 0 saturated heterocycles. The molecular weight excluding hydrogens is 226 g/mol. The number of nitrogens with zero attached hydrogens (tertiary/aromatic N) is 2. The Morgan fingerprint density at radius 2 is 1.94 bits per heavy atom. The van der Waals surface area contributed by atoms with Gasteiger partial charge < -0.3 is 4.98 Å². The van der Waals surface area contributed by atoms with Gasteiger partial charge in [0, 0.05) is 10.9 Å². The van der Waals surface area contributed by atoms with Crippen LogP contribution in [-0.2, 0) is 5.54 Å². The molecule has 1 N–H and O–H groups in total. The molecule has 4 nitrogen and oxygen atoms in total. The van der Waals surface area contributed by atoms with Gasteiger partial charge in [-0.2, -0.15) is 0 Å². The fourth-order valence-electron chi connectivity index (χ4n) is 2.37. The molecule has 0 aliphatic heterocycles. The quantitative estimate of drug-likeness (QED) is 0.657. The highest BCUT2D eigenvalue weighted by atomic mass is 16.1. The summed E-state index contributed by atoms with van der Waals surface area (Å²) >= 11 is 0. The Kier molecular flexibility index (Phi) is 2.11. The number of H-pyrrole nitrogens is 1. The molecule has 18 heavy (non-hydrogen) atoms. The van der Waals surface area contributed by atoms with Crippen molar-refractivity contribution < 1.29 is 0 Å². The highest BCUT2D eigenvalue weighted by Gasteiger charge is 2.20. The van der Waals surface area contributed by atoms with Crippen LogP contribution in [0, 0.1) is 0 Å². The normalized spacial score (nSPS) is 12.4. The molecule has 0 fully saturated rings. The van der Waals surface area contributed by atoms with Crippen LogP contribution in [0.5, 0.6) is 0 Å². The van der Waals surface area contributed by atoms with Gasteiger partial charge >= 0.3 is 5.69 Å². The summed E-state index contributed by atoms with van der Waals surface area (Å²) in [6, 6.07) is 7.82. The van der Waals surface area contributed by atoms with E-state index in [-0.39, 0.29) is 11.2 Å². The fraction of sp³-hybridized carbons (Fsp3) is 0.286. The van der Waals surface area contributed by atoms with Crippen LogP contribution in [0.2, 0.25) is 0 Å². The predicted molar refractivity (Wildman–Crippen MR) is 72.9 cm³/mol. The molecule has 92 valence electrons. The topological polar surface area (TPSA) is 50.7 Å². The number of rotatable bonds is 0. The monoisotopic (exact) mass is 241 g/mol. The summed E-state index contributed by atoms with van der Waals surface area (Å²) in [6.45, 7) is 6.03. The summed E-state index contributed by atoms with van der Waals surface area (Å²) in [5.74, 6) is 0. The maximum Gasteiger partial charge on any atom is 0.327 e. The fourth-order valence-corrected chi connectivity index (χ4v) is 2.37. The average molecular weight is 241 g/mol. The Labute approximate surface area is 104 Å². The molecule has 0 atom stereocenters. The Morgan fingerprint density at radius 1 is 1.22 bits per heavy atom. The zero-order chi connectivity index (χ0) is 12.9. The van der Waals surface area contributed by atoms with Crippen molar-refractivity contribution in [2.75, 3.05) is 0 Å². The Morgan fingerprint density at radius 3 is 2.67 bits per heavy atom. The van der Waals surface area contributed by atoms with Crippen LogP contribution in [0.15, 0.2) is 35.3 Å². The lowest BCUT2D eigenvalue weighted by Crippen LogP contribution is -2.31. The van der Waals surface area contributed by atoms with Gasteiger partial charge in [-0.3, -0.25) is 9.55 Å². The molecule has 0 saturated carbocycles. The van der Waals surface area contributed by atoms with E-state index in [1.54, 1.807) is 10.8 Å². The third-order valence-electron chi connectivity index (χ3n) is 3.10. The first-order valence-electron chi connectivity index (χ1n) is 5.97. The molecule has 0 unspecified atom stereocenters. The van der Waals surface area contributed by atoms with Gasteiger partial charge in [-0.05, 0) is 26.8 Å². The van der Waals surface area contributed by atoms with E-state index in [2.05, 4.69) is 9.97 Å². The van der Waals surface area contributed by atoms with Gasteiger partial charge in [0.1, 0.15) is 0 Å². The minimum absolute atomic E-state index is 0.0874. The highest BCUT2D eigenvalue weighted by Crippen LogP contribution is 2.24. The van der Waals surface area contributed by atoms with Crippen LogP contribution in [0.3, 0.4) is 0 Å². The van der Waals surface area contributed by atoms with E-state index in [1.165, 1.54) is 0 Å². The molecule has 0 aliphatic rings. The number of fused-ring (bicyclic) bond motifs is 3. The molecule has 0 amide bonds. The van der Waals surface area contributed by atoms with Crippen molar-refractivity contribution in [1.29, 1.82) is 0 Å². The van der Waals surface area contributed by atoms with Crippen molar-refractivity contribution in [1.82, 2.24) is 14.5 Å². The van der Waals surface area contributed by atoms with Gasteiger partial charge in [0.25, 0.3) is 0 Å². The molecule has 0 bridgehead atoms. The van der Waals surface area contributed by atoms with Crippen LogP contribution in [-0.4, -0.2) is 14.5 Å². The number of pyridine rings is 1. The van der Waals surface area contributed by atoms with Gasteiger partial charge in [0.15, 0.2) is 0 Å². The lowest BCUT2D eigenvalue weighted by atomic mass is 10.1. The molecule has 3 aromatic rings. The molecule has 4 heteroatoms. The maximum absolute atomic E-state index is 12.1. The van der Waals surface area contributed by atoms with E-state index in [9.17, 15) is 4.79 Å². The van der Waals surface area contributed by atoms with Crippen LogP contribution < -0.4 is 5.69 Å². The molecule has 3 rings (SSSR count). The second kappa shape index (κ2) is 3.45. The van der Waals surface area contributed by atoms with Gasteiger partial charge in [0.05, 0.1) is 22.7 Å². The van der Waals surface area contributed by atoms with Crippen molar-refractivity contribution in [2.24, 2.45) is 0 Å². The third-order valence-corrected chi connectivity index (χ3v) is 3.10. The Hall–Kier alpha value is -2.10. The number of para-hydroxylation sites is 1. The number of benzene rings is 1. The van der Waals surface area contributed by atoms with Gasteiger partial charge in [-0.15, -0.1) is 0 Å². The number of hydrogen-bond acceptors (Lipinski definition) is 2. The van der Waals surface area contributed by atoms with E-state index in [4.69, 9.17) is 0 Å². The molecule has 1 aromatic carbocycles. The standard InChI is InChI=1S/C14H15N3O/c1-14(2,3)17-11-8-15-10-7-5-4-6-9(10)12(11)16-13(17)18/h4-8H,1-3H3,(H,16,18). The first-order valence-corrected chi connectivity index (χ1v) is 5.97. The van der Waals surface area contributed by atoms with Crippen LogP contribution in [0.1, 0.15) is 20.8 Å². The third kappa shape index (κ3) is 1.45. The minimum atomic E-state index is -0.264. The van der Waals surface area contributed by atoms with E-state index >= 15 is 0 Å². The SMILES string of the molecule is CC(C)(C)n1c(=O)[nH]c2c3ccccc3ncc21. The molecule has 0 radical (unpaired) electrons. The second-order valence-electron chi connectivity index (χ2n) is 5.47. The summed E-state index contributed by atoms with van der Waals surface area (Å²) in [7, 11) is 0. The van der Waals surface area contributed by atoms with Gasteiger partial charge in [0.2, 0.25) is 0 Å². The van der Waals surface area contributed by atoms with E-state index < -0.39 is 0 Å². The van der Waals surface area contributed by atoms with Crippen molar-refractivity contribution in [3.63, 3.8) is 0 Å². The van der Waals surface area contributed by atoms with E-state index in [1.807, 2.05) is 45.0 Å². The van der Waals surface area contributed by atoms with Gasteiger partial charge in [-0.25, -0.2) is 4.79 Å². The first-order chi connectivity index (χ1) is 8.48. The molecule has 0 spiro atoms. The largest absolute Gasteiger partial charge is 0.327 e. The van der Waals surface area contributed by atoms with Gasteiger partial charge in [-0.1, -0.05) is 18.2 Å². The zero-order valence-corrected chi connectivity index (χ0v) is 10.7. The van der Waals surface area contributed by atoms with Crippen molar-refractivity contribution >= 4 is 21.9 Å². The number of aromatic nitrogens is 3. The zero-order valence-electron chi connectivity index (χ0n) is 10.7. The van der Waals surface area contributed by atoms with Crippen molar-refractivity contribution in [3.8, 4) is 0 Å². The maximum atomic E-state index is 12.1. The number of imidazole rings is 1. The van der Waals surface area contributed by atoms with E-state index in [0.717, 1.165) is 21.9 Å². The summed E-state index contributed by atoms with van der Waals surface area (Å²) in [4.78, 5) is 19.5. The first kappa shape index (κ1) is 11.0. The lowest BCUT2D eigenvalue weighted by molar-refractivity contribution is 0.397. The number of aromatic amines is 1. The van der Waals surface area contributed by atoms with Crippen LogP contribution in [0.25, 0.3) is 21.9 Å². The molecule has 2 heterocycles. The second-order valence-corrected chi connectivity index (χ2v) is 5.47. The van der Waals surface area contributed by atoms with Crippen molar-refractivity contribution in [3.05, 3.63) is 40.9 Å². The molecule has 0 aliphatic carbocycles. The summed E-state index contributed by atoms with van der Waals surface area (Å²) < 4.78 is 1.75. The summed E-state index contributed by atoms with van der Waals surface area (Å²) in [5.41, 5.74) is 2.26. The van der Waals surface area contributed by atoms with Crippen molar-refractivity contribution in [2.45, 2.75) is 26.3 Å². The van der Waals surface area contributed by atoms with Crippen LogP contribution in [0.4, 0.5) is 0 Å². The number of hydrogen-bond donors (Lipinski definition) is 1. The molecular formula is C14H15N3O. The highest BCUT2D eigenvalue weighted by molar-refractivity contribution is 6.01. The summed E-state index contributed by atoms with van der Waals surface area (Å²) in [5, 5.41) is 0.982. The predicted octanol–water partition coefficient (Wildman–Crippen LogP) is 2.63. The van der Waals surface area contributed by atoms with E-state index in [0.29, 0.717) is 0 Å². The Bertz CT molecular complexity index is 790. The smallest absolute Gasteiger partial charge is 0.305 e. The minimum Gasteiger partial charge on any atom is -0.305 e. The average Bonchev–Trinajstić information content (AvgIpc) is 2.65.